The molecule has 2 saturated heterocycles. The Morgan fingerprint density at radius 2 is 1.79 bits per heavy atom. The molecule has 0 bridgehead atoms. The van der Waals surface area contributed by atoms with Crippen molar-refractivity contribution < 1.29 is 9.53 Å². The summed E-state index contributed by atoms with van der Waals surface area (Å²) >= 11 is 1.60. The van der Waals surface area contributed by atoms with Crippen molar-refractivity contribution in [1.82, 2.24) is 24.8 Å². The summed E-state index contributed by atoms with van der Waals surface area (Å²) < 4.78 is 5.45. The van der Waals surface area contributed by atoms with Crippen molar-refractivity contribution in [3.05, 3.63) is 59.4 Å². The number of anilines is 1. The van der Waals surface area contributed by atoms with E-state index in [1.54, 1.807) is 23.7 Å². The first-order chi connectivity index (χ1) is 16.2. The second-order valence-electron chi connectivity index (χ2n) is 8.33. The number of ether oxygens (including phenoxy) is 1. The fraction of sp³-hybridized carbons (Fsp3) is 0.417. The van der Waals surface area contributed by atoms with Gasteiger partial charge in [-0.15, -0.1) is 11.3 Å². The number of amides is 1. The molecule has 2 aromatic heterocycles. The quantitative estimate of drug-likeness (QED) is 0.554. The first-order valence-electron chi connectivity index (χ1n) is 11.4. The molecule has 0 radical (unpaired) electrons. The number of piperazine rings is 1. The number of nitrogens with zero attached hydrogens (tertiary/aromatic N) is 6. The molecule has 9 heteroatoms. The van der Waals surface area contributed by atoms with Crippen molar-refractivity contribution in [1.29, 1.82) is 0 Å². The van der Waals surface area contributed by atoms with Crippen LogP contribution in [0.2, 0.25) is 0 Å². The van der Waals surface area contributed by atoms with Crippen LogP contribution in [0.15, 0.2) is 48.1 Å². The Morgan fingerprint density at radius 1 is 1.00 bits per heavy atom. The zero-order valence-corrected chi connectivity index (χ0v) is 19.4. The van der Waals surface area contributed by atoms with Gasteiger partial charge in [0.05, 0.1) is 25.3 Å². The Labute approximate surface area is 197 Å². The summed E-state index contributed by atoms with van der Waals surface area (Å²) in [5, 5.41) is 2.98. The van der Waals surface area contributed by atoms with Crippen LogP contribution in [0.1, 0.15) is 11.3 Å². The van der Waals surface area contributed by atoms with Crippen LogP contribution >= 0.6 is 11.3 Å². The summed E-state index contributed by atoms with van der Waals surface area (Å²) in [4.78, 5) is 32.7. The van der Waals surface area contributed by atoms with Gasteiger partial charge in [-0.05, 0) is 17.7 Å². The van der Waals surface area contributed by atoms with E-state index in [1.807, 2.05) is 16.3 Å². The topological polar surface area (TPSA) is 74.7 Å². The Balaban J connectivity index is 1.16. The molecule has 2 aliphatic rings. The number of carbonyl (C=O) groups is 1. The number of hydrogen-bond acceptors (Lipinski definition) is 8. The van der Waals surface area contributed by atoms with E-state index in [9.17, 15) is 4.79 Å². The van der Waals surface area contributed by atoms with Crippen LogP contribution in [0.3, 0.4) is 0 Å². The van der Waals surface area contributed by atoms with Gasteiger partial charge in [-0.3, -0.25) is 9.69 Å². The number of rotatable bonds is 6. The molecule has 0 aliphatic carbocycles. The molecule has 4 heterocycles. The van der Waals surface area contributed by atoms with Crippen molar-refractivity contribution in [3.63, 3.8) is 0 Å². The molecule has 0 saturated carbocycles. The number of aromatic nitrogens is 3. The molecule has 1 amide bonds. The second kappa shape index (κ2) is 10.4. The number of morpholine rings is 1. The summed E-state index contributed by atoms with van der Waals surface area (Å²) in [7, 11) is 0. The maximum Gasteiger partial charge on any atom is 0.228 e. The highest BCUT2D eigenvalue weighted by Gasteiger charge is 2.23. The summed E-state index contributed by atoms with van der Waals surface area (Å²) in [6.07, 6.45) is 3.84. The number of thiazole rings is 1. The zero-order valence-electron chi connectivity index (χ0n) is 18.6. The number of carbonyl (C=O) groups excluding carboxylic acids is 1. The van der Waals surface area contributed by atoms with Crippen LogP contribution in [0, 0.1) is 0 Å². The summed E-state index contributed by atoms with van der Waals surface area (Å²) in [6, 6.07) is 10.4. The SMILES string of the molecule is O=C(Cc1csc(-c2cccc(CN3CCOCC3)c2)n1)N1CCN(c2ncccn2)CC1. The third-order valence-electron chi connectivity index (χ3n) is 6.04. The Kier molecular flexibility index (Phi) is 6.89. The molecule has 1 aromatic carbocycles. The Hall–Kier alpha value is -2.88. The van der Waals surface area contributed by atoms with Crippen molar-refractivity contribution in [2.45, 2.75) is 13.0 Å². The minimum atomic E-state index is 0.126. The maximum atomic E-state index is 12.9. The van der Waals surface area contributed by atoms with Crippen molar-refractivity contribution in [3.8, 4) is 10.6 Å². The average molecular weight is 465 g/mol. The van der Waals surface area contributed by atoms with Gasteiger partial charge in [-0.1, -0.05) is 18.2 Å². The van der Waals surface area contributed by atoms with Gasteiger partial charge in [0, 0.05) is 69.2 Å². The normalized spacial score (nSPS) is 17.3. The summed E-state index contributed by atoms with van der Waals surface area (Å²) in [6.45, 7) is 7.32. The molecule has 0 unspecified atom stereocenters. The molecule has 2 aliphatic heterocycles. The van der Waals surface area contributed by atoms with Crippen LogP contribution < -0.4 is 4.90 Å². The van der Waals surface area contributed by atoms with Gasteiger partial charge >= 0.3 is 0 Å². The van der Waals surface area contributed by atoms with Gasteiger partial charge in [0.25, 0.3) is 0 Å². The van der Waals surface area contributed by atoms with Crippen molar-refractivity contribution >= 4 is 23.2 Å². The number of hydrogen-bond donors (Lipinski definition) is 0. The van der Waals surface area contributed by atoms with E-state index in [0.29, 0.717) is 19.5 Å². The van der Waals surface area contributed by atoms with Gasteiger partial charge in [-0.2, -0.15) is 0 Å². The Morgan fingerprint density at radius 3 is 2.58 bits per heavy atom. The molecule has 33 heavy (non-hydrogen) atoms. The highest BCUT2D eigenvalue weighted by molar-refractivity contribution is 7.13. The van der Waals surface area contributed by atoms with Gasteiger partial charge in [0.2, 0.25) is 11.9 Å². The zero-order chi connectivity index (χ0) is 22.5. The van der Waals surface area contributed by atoms with Crippen molar-refractivity contribution in [2.24, 2.45) is 0 Å². The predicted molar refractivity (Wildman–Crippen MR) is 128 cm³/mol. The molecule has 0 N–H and O–H groups in total. The molecule has 0 spiro atoms. The molecule has 8 nitrogen and oxygen atoms in total. The molecule has 5 rings (SSSR count). The van der Waals surface area contributed by atoms with E-state index in [1.165, 1.54) is 5.56 Å². The van der Waals surface area contributed by atoms with E-state index in [-0.39, 0.29) is 5.91 Å². The monoisotopic (exact) mass is 464 g/mol. The highest BCUT2D eigenvalue weighted by Crippen LogP contribution is 2.25. The molecule has 2 fully saturated rings. The van der Waals surface area contributed by atoms with Gasteiger partial charge in [-0.25, -0.2) is 15.0 Å². The third kappa shape index (κ3) is 5.55. The second-order valence-corrected chi connectivity index (χ2v) is 9.18. The number of benzene rings is 1. The Bertz CT molecular complexity index is 1060. The predicted octanol–water partition coefficient (Wildman–Crippen LogP) is 2.32. The largest absolute Gasteiger partial charge is 0.379 e. The van der Waals surface area contributed by atoms with E-state index in [0.717, 1.165) is 68.2 Å². The minimum Gasteiger partial charge on any atom is -0.379 e. The van der Waals surface area contributed by atoms with E-state index >= 15 is 0 Å². The van der Waals surface area contributed by atoms with E-state index in [2.05, 4.69) is 44.0 Å². The standard InChI is InChI=1S/C24H28N6O2S/c31-22(29-7-9-30(10-8-29)24-25-5-2-6-26-24)16-21-18-33-23(27-21)20-4-1-3-19(15-20)17-28-11-13-32-14-12-28/h1-6,15,18H,7-14,16-17H2. The van der Waals surface area contributed by atoms with Gasteiger partial charge in [0.1, 0.15) is 5.01 Å². The van der Waals surface area contributed by atoms with Crippen LogP contribution in [0.25, 0.3) is 10.6 Å². The fourth-order valence-electron chi connectivity index (χ4n) is 4.22. The van der Waals surface area contributed by atoms with E-state index in [4.69, 9.17) is 9.72 Å². The third-order valence-corrected chi connectivity index (χ3v) is 6.98. The van der Waals surface area contributed by atoms with Gasteiger partial charge in [0.15, 0.2) is 0 Å². The van der Waals surface area contributed by atoms with Crippen LogP contribution in [-0.2, 0) is 22.5 Å². The lowest BCUT2D eigenvalue weighted by Crippen LogP contribution is -2.49. The molecular weight excluding hydrogens is 436 g/mol. The highest BCUT2D eigenvalue weighted by atomic mass is 32.1. The fourth-order valence-corrected chi connectivity index (χ4v) is 5.03. The molecular formula is C24H28N6O2S. The lowest BCUT2D eigenvalue weighted by atomic mass is 10.1. The van der Waals surface area contributed by atoms with Crippen LogP contribution in [0.5, 0.6) is 0 Å². The smallest absolute Gasteiger partial charge is 0.228 e. The molecule has 172 valence electrons. The van der Waals surface area contributed by atoms with Gasteiger partial charge < -0.3 is 14.5 Å². The van der Waals surface area contributed by atoms with E-state index < -0.39 is 0 Å². The summed E-state index contributed by atoms with van der Waals surface area (Å²) in [5.74, 6) is 0.853. The molecule has 0 atom stereocenters. The first kappa shape index (κ1) is 21.9. The van der Waals surface area contributed by atoms with Crippen LogP contribution in [-0.4, -0.2) is 83.1 Å². The summed E-state index contributed by atoms with van der Waals surface area (Å²) in [5.41, 5.74) is 3.23. The van der Waals surface area contributed by atoms with Crippen molar-refractivity contribution in [2.75, 3.05) is 57.4 Å². The lowest BCUT2D eigenvalue weighted by Gasteiger charge is -2.34. The lowest BCUT2D eigenvalue weighted by molar-refractivity contribution is -0.130. The average Bonchev–Trinajstić information content (AvgIpc) is 3.34. The van der Waals surface area contributed by atoms with Crippen LogP contribution in [0.4, 0.5) is 5.95 Å². The first-order valence-corrected chi connectivity index (χ1v) is 12.3. The minimum absolute atomic E-state index is 0.126. The maximum absolute atomic E-state index is 12.9. The molecule has 3 aromatic rings.